The largest absolute Gasteiger partial charge is 0.462 e. The molecule has 1 aromatic carbocycles. The molecule has 144 valence electrons. The predicted octanol–water partition coefficient (Wildman–Crippen LogP) is 3.75. The van der Waals surface area contributed by atoms with Gasteiger partial charge in [-0.15, -0.1) is 11.3 Å². The molecule has 0 unspecified atom stereocenters. The highest BCUT2D eigenvalue weighted by molar-refractivity contribution is 7.16. The minimum Gasteiger partial charge on any atom is -0.462 e. The molecular formula is C18H21N3O5S. The average molecular weight is 391 g/mol. The Hall–Kier alpha value is -2.94. The van der Waals surface area contributed by atoms with Gasteiger partial charge in [-0.05, 0) is 38.0 Å². The summed E-state index contributed by atoms with van der Waals surface area (Å²) in [6, 6.07) is 5.77. The number of nitrogens with one attached hydrogen (secondary N) is 2. The molecule has 0 aliphatic carbocycles. The monoisotopic (exact) mass is 391 g/mol. The number of non-ortho nitro benzene ring substituents is 1. The van der Waals surface area contributed by atoms with Gasteiger partial charge in [-0.1, -0.05) is 6.92 Å². The Morgan fingerprint density at radius 2 is 1.89 bits per heavy atom. The maximum Gasteiger partial charge on any atom is 0.341 e. The summed E-state index contributed by atoms with van der Waals surface area (Å²) in [6.45, 7) is 5.79. The number of benzene rings is 1. The Morgan fingerprint density at radius 1 is 1.22 bits per heavy atom. The smallest absolute Gasteiger partial charge is 0.341 e. The molecule has 0 atom stereocenters. The van der Waals surface area contributed by atoms with Gasteiger partial charge in [0.15, 0.2) is 0 Å². The van der Waals surface area contributed by atoms with Gasteiger partial charge in [-0.3, -0.25) is 14.9 Å². The lowest BCUT2D eigenvalue weighted by molar-refractivity contribution is -0.384. The molecule has 2 rings (SSSR count). The number of thiophene rings is 1. The molecule has 1 amide bonds. The first-order chi connectivity index (χ1) is 12.9. The van der Waals surface area contributed by atoms with Crippen LogP contribution in [0.15, 0.2) is 24.3 Å². The van der Waals surface area contributed by atoms with Gasteiger partial charge in [0.2, 0.25) is 5.91 Å². The van der Waals surface area contributed by atoms with E-state index in [4.69, 9.17) is 4.74 Å². The second-order valence-electron chi connectivity index (χ2n) is 5.62. The normalized spacial score (nSPS) is 10.3. The van der Waals surface area contributed by atoms with Gasteiger partial charge in [0.1, 0.15) is 5.00 Å². The van der Waals surface area contributed by atoms with Gasteiger partial charge in [-0.2, -0.15) is 0 Å². The summed E-state index contributed by atoms with van der Waals surface area (Å²) >= 11 is 1.34. The molecule has 1 heterocycles. The highest BCUT2D eigenvalue weighted by atomic mass is 32.1. The summed E-state index contributed by atoms with van der Waals surface area (Å²) in [5, 5.41) is 16.8. The summed E-state index contributed by atoms with van der Waals surface area (Å²) in [4.78, 5) is 35.7. The number of carbonyl (C=O) groups excluding carboxylic acids is 2. The number of hydrogen-bond acceptors (Lipinski definition) is 7. The van der Waals surface area contributed by atoms with Crippen LogP contribution in [0, 0.1) is 17.0 Å². The molecule has 0 aliphatic heterocycles. The zero-order valence-corrected chi connectivity index (χ0v) is 16.1. The number of esters is 1. The maximum absolute atomic E-state index is 12.3. The zero-order valence-electron chi connectivity index (χ0n) is 15.3. The molecular weight excluding hydrogens is 370 g/mol. The molecule has 0 saturated carbocycles. The molecule has 2 aromatic rings. The third kappa shape index (κ3) is 5.04. The van der Waals surface area contributed by atoms with E-state index in [2.05, 4.69) is 10.6 Å². The number of nitro groups is 1. The van der Waals surface area contributed by atoms with Crippen LogP contribution in [0.1, 0.15) is 34.6 Å². The summed E-state index contributed by atoms with van der Waals surface area (Å²) in [6.07, 6.45) is 0.660. The van der Waals surface area contributed by atoms with Gasteiger partial charge in [0.25, 0.3) is 5.69 Å². The van der Waals surface area contributed by atoms with Crippen LogP contribution >= 0.6 is 11.3 Å². The highest BCUT2D eigenvalue weighted by Gasteiger charge is 2.23. The van der Waals surface area contributed by atoms with Crippen LogP contribution in [0.2, 0.25) is 0 Å². The van der Waals surface area contributed by atoms with Gasteiger partial charge < -0.3 is 15.4 Å². The number of rotatable bonds is 8. The molecule has 9 heteroatoms. The number of aryl methyl sites for hydroxylation is 1. The van der Waals surface area contributed by atoms with Crippen molar-refractivity contribution in [1.29, 1.82) is 0 Å². The molecule has 0 spiro atoms. The van der Waals surface area contributed by atoms with E-state index in [1.165, 1.54) is 35.6 Å². The number of amides is 1. The molecule has 0 bridgehead atoms. The lowest BCUT2D eigenvalue weighted by atomic mass is 10.1. The van der Waals surface area contributed by atoms with E-state index in [1.54, 1.807) is 6.92 Å². The summed E-state index contributed by atoms with van der Waals surface area (Å²) in [5.74, 6) is -0.778. The molecule has 1 aromatic heterocycles. The van der Waals surface area contributed by atoms with E-state index in [0.29, 0.717) is 22.7 Å². The van der Waals surface area contributed by atoms with Crippen LogP contribution in [0.5, 0.6) is 0 Å². The van der Waals surface area contributed by atoms with Crippen molar-refractivity contribution in [2.75, 3.05) is 23.8 Å². The molecule has 27 heavy (non-hydrogen) atoms. The topological polar surface area (TPSA) is 111 Å². The number of carbonyl (C=O) groups is 2. The highest BCUT2D eigenvalue weighted by Crippen LogP contribution is 2.34. The standard InChI is InChI=1S/C18H21N3O5S/c1-4-14-11(3)27-17(16(14)18(23)26-5-2)20-15(22)10-19-12-6-8-13(9-7-12)21(24)25/h6-9,19H,4-5,10H2,1-3H3,(H,20,22). The minimum absolute atomic E-state index is 0.0229. The van der Waals surface area contributed by atoms with Gasteiger partial charge in [-0.25, -0.2) is 4.79 Å². The number of nitrogens with zero attached hydrogens (tertiary/aromatic N) is 1. The first kappa shape index (κ1) is 20.4. The van der Waals surface area contributed by atoms with Crippen molar-refractivity contribution in [3.05, 3.63) is 50.4 Å². The lowest BCUT2D eigenvalue weighted by Crippen LogP contribution is -2.22. The number of hydrogen-bond donors (Lipinski definition) is 2. The summed E-state index contributed by atoms with van der Waals surface area (Å²) in [7, 11) is 0. The predicted molar refractivity (Wildman–Crippen MR) is 105 cm³/mol. The van der Waals surface area contributed by atoms with Crippen molar-refractivity contribution in [3.63, 3.8) is 0 Å². The first-order valence-electron chi connectivity index (χ1n) is 8.44. The SMILES string of the molecule is CCOC(=O)c1c(NC(=O)CNc2ccc([N+](=O)[O-])cc2)sc(C)c1CC. The molecule has 0 aliphatic rings. The van der Waals surface area contributed by atoms with Crippen LogP contribution in [-0.2, 0) is 16.0 Å². The Balaban J connectivity index is 2.06. The second kappa shape index (κ2) is 9.13. The number of nitro benzene ring substituents is 1. The molecule has 0 fully saturated rings. The summed E-state index contributed by atoms with van der Waals surface area (Å²) < 4.78 is 5.11. The van der Waals surface area contributed by atoms with Crippen molar-refractivity contribution < 1.29 is 19.2 Å². The van der Waals surface area contributed by atoms with Crippen LogP contribution in [-0.4, -0.2) is 30.0 Å². The van der Waals surface area contributed by atoms with Gasteiger partial charge in [0, 0.05) is 22.7 Å². The fraction of sp³-hybridized carbons (Fsp3) is 0.333. The van der Waals surface area contributed by atoms with Gasteiger partial charge in [0.05, 0.1) is 23.6 Å². The number of anilines is 2. The fourth-order valence-corrected chi connectivity index (χ4v) is 3.72. The first-order valence-corrected chi connectivity index (χ1v) is 9.26. The van der Waals surface area contributed by atoms with E-state index < -0.39 is 10.9 Å². The average Bonchev–Trinajstić information content (AvgIpc) is 2.95. The van der Waals surface area contributed by atoms with Crippen molar-refractivity contribution in [2.24, 2.45) is 0 Å². The van der Waals surface area contributed by atoms with E-state index in [-0.39, 0.29) is 24.7 Å². The van der Waals surface area contributed by atoms with Crippen molar-refractivity contribution in [1.82, 2.24) is 0 Å². The lowest BCUT2D eigenvalue weighted by Gasteiger charge is -2.09. The van der Waals surface area contributed by atoms with Crippen LogP contribution in [0.4, 0.5) is 16.4 Å². The second-order valence-corrected chi connectivity index (χ2v) is 6.85. The van der Waals surface area contributed by atoms with E-state index >= 15 is 0 Å². The number of ether oxygens (including phenoxy) is 1. The third-order valence-corrected chi connectivity index (χ3v) is 4.89. The van der Waals surface area contributed by atoms with Crippen LogP contribution in [0.3, 0.4) is 0 Å². The van der Waals surface area contributed by atoms with Crippen LogP contribution in [0.25, 0.3) is 0 Å². The fourth-order valence-electron chi connectivity index (χ4n) is 2.57. The third-order valence-electron chi connectivity index (χ3n) is 3.83. The minimum atomic E-state index is -0.488. The van der Waals surface area contributed by atoms with Crippen molar-refractivity contribution >= 4 is 39.6 Å². The maximum atomic E-state index is 12.3. The van der Waals surface area contributed by atoms with Crippen molar-refractivity contribution in [2.45, 2.75) is 27.2 Å². The summed E-state index contributed by atoms with van der Waals surface area (Å²) in [5.41, 5.74) is 1.84. The van der Waals surface area contributed by atoms with Crippen LogP contribution < -0.4 is 10.6 Å². The van der Waals surface area contributed by atoms with E-state index in [9.17, 15) is 19.7 Å². The Kier molecular flexibility index (Phi) is 6.89. The van der Waals surface area contributed by atoms with E-state index in [0.717, 1.165) is 10.4 Å². The Morgan fingerprint density at radius 3 is 2.44 bits per heavy atom. The Bertz CT molecular complexity index is 845. The van der Waals surface area contributed by atoms with E-state index in [1.807, 2.05) is 13.8 Å². The zero-order chi connectivity index (χ0) is 20.0. The Labute approximate surface area is 160 Å². The molecule has 0 saturated heterocycles. The molecule has 2 N–H and O–H groups in total. The molecule has 8 nitrogen and oxygen atoms in total. The van der Waals surface area contributed by atoms with Gasteiger partial charge >= 0.3 is 5.97 Å². The molecule has 0 radical (unpaired) electrons. The van der Waals surface area contributed by atoms with Crippen molar-refractivity contribution in [3.8, 4) is 0 Å². The quantitative estimate of drug-likeness (QED) is 0.403.